The molecule has 0 aromatic heterocycles. The van der Waals surface area contributed by atoms with Crippen molar-refractivity contribution in [3.05, 3.63) is 0 Å². The smallest absolute Gasteiger partial charge is 0.319 e. The number of hydrogen-bond acceptors (Lipinski definition) is 3. The Morgan fingerprint density at radius 3 is 2.82 bits per heavy atom. The van der Waals surface area contributed by atoms with Gasteiger partial charge in [0.25, 0.3) is 0 Å². The summed E-state index contributed by atoms with van der Waals surface area (Å²) in [5, 5.41) is 0. The average molecular weight is 241 g/mol. The zero-order valence-electron chi connectivity index (χ0n) is 10.9. The maximum absolute atomic E-state index is 11.6. The maximum Gasteiger partial charge on any atom is 0.319 e. The van der Waals surface area contributed by atoms with Crippen LogP contribution in [0.1, 0.15) is 19.3 Å². The predicted octanol–water partition coefficient (Wildman–Crippen LogP) is 1.24. The highest BCUT2D eigenvalue weighted by atomic mass is 16.5. The molecular weight excluding hydrogens is 218 g/mol. The number of aliphatic imine (C=N–C) groups is 1. The Morgan fingerprint density at radius 1 is 1.35 bits per heavy atom. The fourth-order valence-corrected chi connectivity index (χ4v) is 1.81. The molecule has 0 spiro atoms. The third-order valence-electron chi connectivity index (χ3n) is 2.89. The normalized spacial score (nSPS) is 16.5. The maximum atomic E-state index is 11.6. The molecule has 0 aromatic carbocycles. The van der Waals surface area contributed by atoms with Crippen molar-refractivity contribution in [3.63, 3.8) is 0 Å². The third kappa shape index (κ3) is 5.17. The molecule has 1 fully saturated rings. The van der Waals surface area contributed by atoms with Crippen molar-refractivity contribution in [3.8, 4) is 0 Å². The Labute approximate surface area is 103 Å². The topological polar surface area (TPSA) is 45.1 Å². The first-order chi connectivity index (χ1) is 8.25. The van der Waals surface area contributed by atoms with E-state index in [1.54, 1.807) is 18.2 Å². The van der Waals surface area contributed by atoms with Crippen molar-refractivity contribution < 1.29 is 9.53 Å². The van der Waals surface area contributed by atoms with E-state index in [1.165, 1.54) is 0 Å². The molecule has 98 valence electrons. The Kier molecular flexibility index (Phi) is 6.62. The highest BCUT2D eigenvalue weighted by Gasteiger charge is 2.23. The van der Waals surface area contributed by atoms with E-state index >= 15 is 0 Å². The number of hydrogen-bond donors (Lipinski definition) is 0. The molecule has 1 saturated heterocycles. The van der Waals surface area contributed by atoms with Gasteiger partial charge in [-0.3, -0.25) is 4.99 Å². The van der Waals surface area contributed by atoms with Crippen LogP contribution in [0, 0.1) is 0 Å². The minimum absolute atomic E-state index is 0.167. The van der Waals surface area contributed by atoms with E-state index in [-0.39, 0.29) is 6.03 Å². The molecule has 0 unspecified atom stereocenters. The molecular formula is C12H23N3O2. The summed E-state index contributed by atoms with van der Waals surface area (Å²) >= 11 is 0. The van der Waals surface area contributed by atoms with Gasteiger partial charge in [-0.1, -0.05) is 0 Å². The highest BCUT2D eigenvalue weighted by Crippen LogP contribution is 2.08. The fourth-order valence-electron chi connectivity index (χ4n) is 1.81. The van der Waals surface area contributed by atoms with Crippen molar-refractivity contribution in [1.82, 2.24) is 9.80 Å². The summed E-state index contributed by atoms with van der Waals surface area (Å²) in [5.74, 6) is 0. The third-order valence-corrected chi connectivity index (χ3v) is 2.89. The molecule has 0 atom stereocenters. The number of unbranched alkanes of at least 4 members (excludes halogenated alkanes) is 2. The molecule has 1 rings (SSSR count). The first kappa shape index (κ1) is 14.0. The summed E-state index contributed by atoms with van der Waals surface area (Å²) in [6.07, 6.45) is 4.98. The van der Waals surface area contributed by atoms with Crippen molar-refractivity contribution in [2.45, 2.75) is 19.3 Å². The molecule has 1 aliphatic heterocycles. The van der Waals surface area contributed by atoms with Gasteiger partial charge >= 0.3 is 6.03 Å². The summed E-state index contributed by atoms with van der Waals surface area (Å²) in [6, 6.07) is 0.167. The van der Waals surface area contributed by atoms with E-state index in [2.05, 4.69) is 4.99 Å². The predicted molar refractivity (Wildman–Crippen MR) is 68.7 cm³/mol. The van der Waals surface area contributed by atoms with Gasteiger partial charge in [0.05, 0.1) is 6.61 Å². The van der Waals surface area contributed by atoms with Crippen LogP contribution in [0.5, 0.6) is 0 Å². The first-order valence-corrected chi connectivity index (χ1v) is 6.24. The van der Waals surface area contributed by atoms with Crippen molar-refractivity contribution >= 4 is 12.2 Å². The van der Waals surface area contributed by atoms with E-state index in [0.717, 1.165) is 45.5 Å². The molecule has 0 saturated carbocycles. The largest absolute Gasteiger partial charge is 0.376 e. The summed E-state index contributed by atoms with van der Waals surface area (Å²) < 4.78 is 5.35. The van der Waals surface area contributed by atoms with Crippen LogP contribution in [-0.2, 0) is 4.74 Å². The lowest BCUT2D eigenvalue weighted by Crippen LogP contribution is -2.30. The summed E-state index contributed by atoms with van der Waals surface area (Å²) in [4.78, 5) is 19.1. The number of carbonyl (C=O) groups is 1. The molecule has 0 aliphatic carbocycles. The van der Waals surface area contributed by atoms with Gasteiger partial charge in [-0.15, -0.1) is 0 Å². The number of amides is 2. The lowest BCUT2D eigenvalue weighted by molar-refractivity contribution is 0.167. The van der Waals surface area contributed by atoms with Crippen LogP contribution in [0.4, 0.5) is 4.79 Å². The number of rotatable bonds is 8. The van der Waals surface area contributed by atoms with Crippen LogP contribution < -0.4 is 0 Å². The van der Waals surface area contributed by atoms with Gasteiger partial charge in [0.2, 0.25) is 0 Å². The quantitative estimate of drug-likeness (QED) is 0.474. The van der Waals surface area contributed by atoms with Gasteiger partial charge in [-0.05, 0) is 19.3 Å². The SMILES string of the molecule is CN=CCOCCCCCN1CCN(C)C1=O. The van der Waals surface area contributed by atoms with Crippen LogP contribution in [0.15, 0.2) is 4.99 Å². The van der Waals surface area contributed by atoms with E-state index in [4.69, 9.17) is 4.74 Å². The zero-order valence-corrected chi connectivity index (χ0v) is 10.9. The van der Waals surface area contributed by atoms with Gasteiger partial charge in [0.15, 0.2) is 0 Å². The Balaban J connectivity index is 1.92. The second-order valence-electron chi connectivity index (χ2n) is 4.27. The van der Waals surface area contributed by atoms with Crippen molar-refractivity contribution in [2.24, 2.45) is 4.99 Å². The van der Waals surface area contributed by atoms with Crippen LogP contribution in [-0.4, -0.2) is 69.0 Å². The molecule has 17 heavy (non-hydrogen) atoms. The number of likely N-dealkylation sites (N-methyl/N-ethyl adjacent to an activating group) is 1. The van der Waals surface area contributed by atoms with Crippen molar-refractivity contribution in [1.29, 1.82) is 0 Å². The summed E-state index contributed by atoms with van der Waals surface area (Å²) in [6.45, 7) is 3.99. The minimum atomic E-state index is 0.167. The molecule has 5 nitrogen and oxygen atoms in total. The lowest BCUT2D eigenvalue weighted by atomic mass is 10.2. The van der Waals surface area contributed by atoms with Gasteiger partial charge < -0.3 is 14.5 Å². The molecule has 5 heteroatoms. The van der Waals surface area contributed by atoms with Crippen molar-refractivity contribution in [2.75, 3.05) is 46.9 Å². The molecule has 0 bridgehead atoms. The molecule has 1 heterocycles. The molecule has 0 N–H and O–H groups in total. The standard InChI is InChI=1S/C12H23N3O2/c1-13-6-11-17-10-5-3-4-7-15-9-8-14(2)12(15)16/h6H,3-5,7-11H2,1-2H3. The van der Waals surface area contributed by atoms with E-state index < -0.39 is 0 Å². The average Bonchev–Trinajstić information content (AvgIpc) is 2.64. The molecule has 2 amide bonds. The first-order valence-electron chi connectivity index (χ1n) is 6.24. The lowest BCUT2D eigenvalue weighted by Gasteiger charge is -2.15. The number of ether oxygens (including phenoxy) is 1. The van der Waals surface area contributed by atoms with E-state index in [9.17, 15) is 4.79 Å². The van der Waals surface area contributed by atoms with Gasteiger partial charge in [-0.2, -0.15) is 0 Å². The van der Waals surface area contributed by atoms with E-state index in [0.29, 0.717) is 6.61 Å². The zero-order chi connectivity index (χ0) is 12.5. The number of urea groups is 1. The molecule has 0 radical (unpaired) electrons. The fraction of sp³-hybridized carbons (Fsp3) is 0.833. The van der Waals surface area contributed by atoms with E-state index in [1.807, 2.05) is 11.9 Å². The van der Waals surface area contributed by atoms with Crippen LogP contribution in [0.3, 0.4) is 0 Å². The Morgan fingerprint density at radius 2 is 2.18 bits per heavy atom. The molecule has 1 aliphatic rings. The van der Waals surface area contributed by atoms with Gasteiger partial charge in [0, 0.05) is 46.6 Å². The van der Waals surface area contributed by atoms with Crippen LogP contribution in [0.2, 0.25) is 0 Å². The van der Waals surface area contributed by atoms with Crippen LogP contribution in [0.25, 0.3) is 0 Å². The van der Waals surface area contributed by atoms with Gasteiger partial charge in [-0.25, -0.2) is 4.79 Å². The highest BCUT2D eigenvalue weighted by molar-refractivity contribution is 5.76. The van der Waals surface area contributed by atoms with Crippen LogP contribution >= 0.6 is 0 Å². The summed E-state index contributed by atoms with van der Waals surface area (Å²) in [5.41, 5.74) is 0. The Bertz CT molecular complexity index is 256. The Hall–Kier alpha value is -1.10. The monoisotopic (exact) mass is 241 g/mol. The number of carbonyl (C=O) groups excluding carboxylic acids is 1. The minimum Gasteiger partial charge on any atom is -0.376 e. The number of nitrogens with zero attached hydrogens (tertiary/aromatic N) is 3. The van der Waals surface area contributed by atoms with Gasteiger partial charge in [0.1, 0.15) is 0 Å². The molecule has 0 aromatic rings. The second kappa shape index (κ2) is 8.06. The second-order valence-corrected chi connectivity index (χ2v) is 4.27. The summed E-state index contributed by atoms with van der Waals surface area (Å²) in [7, 11) is 3.60.